The summed E-state index contributed by atoms with van der Waals surface area (Å²) in [5, 5.41) is 6.49. The molecule has 1 aromatic heterocycles. The van der Waals surface area contributed by atoms with Crippen LogP contribution in [0.25, 0.3) is 0 Å². The van der Waals surface area contributed by atoms with E-state index in [1.54, 1.807) is 20.2 Å². The molecule has 1 fully saturated rings. The first-order valence-electron chi connectivity index (χ1n) is 8.92. The topological polar surface area (TPSA) is 90.5 Å². The Hall–Kier alpha value is -1.29. The largest absolute Gasteiger partial charge is 0.373 e. The Morgan fingerprint density at radius 3 is 2.56 bits per heavy atom. The second-order valence-electron chi connectivity index (χ2n) is 6.20. The third-order valence-corrected chi connectivity index (χ3v) is 6.57. The second-order valence-corrected chi connectivity index (χ2v) is 8.24. The van der Waals surface area contributed by atoms with Crippen LogP contribution in [0.5, 0.6) is 0 Å². The smallest absolute Gasteiger partial charge is 0.282 e. The number of hydrogen-bond donors (Lipinski definition) is 2. The molecule has 0 bridgehead atoms. The van der Waals surface area contributed by atoms with Crippen LogP contribution in [0.1, 0.15) is 50.7 Å². The highest BCUT2D eigenvalue weighted by Crippen LogP contribution is 2.22. The van der Waals surface area contributed by atoms with Crippen molar-refractivity contribution in [2.24, 2.45) is 0 Å². The maximum atomic E-state index is 12.6. The molecule has 2 rings (SSSR count). The van der Waals surface area contributed by atoms with Gasteiger partial charge in [0.05, 0.1) is 18.3 Å². The average molecular weight is 371 g/mol. The fourth-order valence-electron chi connectivity index (χ4n) is 3.01. The lowest BCUT2D eigenvalue weighted by Gasteiger charge is -2.26. The molecule has 1 unspecified atom stereocenters. The molecule has 2 N–H and O–H groups in total. The van der Waals surface area contributed by atoms with Gasteiger partial charge in [0.1, 0.15) is 11.6 Å². The van der Waals surface area contributed by atoms with Gasteiger partial charge in [-0.2, -0.15) is 17.0 Å². The summed E-state index contributed by atoms with van der Waals surface area (Å²) in [5.74, 6) is 1.44. The van der Waals surface area contributed by atoms with Crippen molar-refractivity contribution in [2.45, 2.75) is 45.7 Å². The van der Waals surface area contributed by atoms with Crippen LogP contribution in [-0.4, -0.2) is 60.7 Å². The zero-order valence-electron chi connectivity index (χ0n) is 15.6. The predicted molar refractivity (Wildman–Crippen MR) is 99.5 cm³/mol. The summed E-state index contributed by atoms with van der Waals surface area (Å²) in [7, 11) is -0.0897. The first kappa shape index (κ1) is 20.0. The maximum absolute atomic E-state index is 12.6. The van der Waals surface area contributed by atoms with Crippen molar-refractivity contribution < 1.29 is 8.42 Å². The fourth-order valence-corrected chi connectivity index (χ4v) is 4.35. The highest BCUT2D eigenvalue weighted by molar-refractivity contribution is 7.86. The van der Waals surface area contributed by atoms with Crippen LogP contribution in [0.4, 0.5) is 5.82 Å². The third-order valence-electron chi connectivity index (χ3n) is 4.48. The first-order chi connectivity index (χ1) is 11.9. The molecule has 1 aliphatic heterocycles. The molecule has 1 atom stereocenters. The van der Waals surface area contributed by atoms with Crippen LogP contribution in [0, 0.1) is 0 Å². The van der Waals surface area contributed by atoms with E-state index in [0.29, 0.717) is 24.6 Å². The van der Waals surface area contributed by atoms with Gasteiger partial charge in [-0.25, -0.2) is 9.97 Å². The summed E-state index contributed by atoms with van der Waals surface area (Å²) in [6.07, 6.45) is 3.32. The lowest BCUT2D eigenvalue weighted by atomic mass is 10.0. The van der Waals surface area contributed by atoms with Gasteiger partial charge in [0.25, 0.3) is 10.2 Å². The molecule has 142 valence electrons. The normalized spacial score (nSPS) is 18.7. The Labute approximate surface area is 151 Å². The SMILES string of the molecule is CCN(CC)S(=O)(=O)N(C)Cc1cc(NC)nc(C2CCCCN2)n1. The van der Waals surface area contributed by atoms with Gasteiger partial charge in [0.15, 0.2) is 0 Å². The van der Waals surface area contributed by atoms with Crippen molar-refractivity contribution in [3.63, 3.8) is 0 Å². The van der Waals surface area contributed by atoms with Crippen molar-refractivity contribution >= 4 is 16.0 Å². The van der Waals surface area contributed by atoms with Gasteiger partial charge < -0.3 is 10.6 Å². The third kappa shape index (κ3) is 4.87. The molecule has 0 amide bonds. The number of rotatable bonds is 8. The highest BCUT2D eigenvalue weighted by atomic mass is 32.2. The Balaban J connectivity index is 2.23. The Kier molecular flexibility index (Phi) is 7.12. The number of piperidine rings is 1. The van der Waals surface area contributed by atoms with E-state index in [0.717, 1.165) is 25.2 Å². The van der Waals surface area contributed by atoms with Crippen molar-refractivity contribution in [2.75, 3.05) is 39.0 Å². The molecule has 1 aliphatic rings. The van der Waals surface area contributed by atoms with Gasteiger partial charge in [-0.3, -0.25) is 0 Å². The zero-order valence-corrected chi connectivity index (χ0v) is 16.4. The number of anilines is 1. The standard InChI is InChI=1S/C16H30N6O2S/c1-5-22(6-2)25(23,24)21(4)12-13-11-15(17-3)20-16(19-13)14-9-7-8-10-18-14/h11,14,18H,5-10,12H2,1-4H3,(H,17,19,20). The molecule has 1 saturated heterocycles. The molecule has 25 heavy (non-hydrogen) atoms. The van der Waals surface area contributed by atoms with E-state index < -0.39 is 10.2 Å². The number of nitrogens with zero attached hydrogens (tertiary/aromatic N) is 4. The molecule has 0 aliphatic carbocycles. The molecule has 8 nitrogen and oxygen atoms in total. The molecule has 0 spiro atoms. The summed E-state index contributed by atoms with van der Waals surface area (Å²) >= 11 is 0. The highest BCUT2D eigenvalue weighted by Gasteiger charge is 2.26. The minimum absolute atomic E-state index is 0.130. The Morgan fingerprint density at radius 2 is 2.00 bits per heavy atom. The van der Waals surface area contributed by atoms with Crippen LogP contribution in [0.2, 0.25) is 0 Å². The van der Waals surface area contributed by atoms with Crippen molar-refractivity contribution in [3.8, 4) is 0 Å². The van der Waals surface area contributed by atoms with Gasteiger partial charge in [-0.15, -0.1) is 0 Å². The van der Waals surface area contributed by atoms with E-state index in [1.807, 2.05) is 13.8 Å². The van der Waals surface area contributed by atoms with Gasteiger partial charge in [0.2, 0.25) is 0 Å². The molecular formula is C16H30N6O2S. The molecule has 1 aromatic rings. The van der Waals surface area contributed by atoms with Crippen molar-refractivity contribution in [3.05, 3.63) is 17.6 Å². The minimum atomic E-state index is -3.49. The van der Waals surface area contributed by atoms with E-state index in [2.05, 4.69) is 20.6 Å². The quantitative estimate of drug-likeness (QED) is 0.718. The van der Waals surface area contributed by atoms with E-state index in [-0.39, 0.29) is 12.6 Å². The van der Waals surface area contributed by atoms with E-state index in [1.165, 1.54) is 15.0 Å². The summed E-state index contributed by atoms with van der Waals surface area (Å²) in [6.45, 7) is 5.76. The van der Waals surface area contributed by atoms with Gasteiger partial charge >= 0.3 is 0 Å². The zero-order chi connectivity index (χ0) is 18.4. The fraction of sp³-hybridized carbons (Fsp3) is 0.750. The summed E-state index contributed by atoms with van der Waals surface area (Å²) < 4.78 is 28.0. The second kappa shape index (κ2) is 8.88. The lowest BCUT2D eigenvalue weighted by Crippen LogP contribution is -2.41. The average Bonchev–Trinajstić information content (AvgIpc) is 2.62. The Morgan fingerprint density at radius 1 is 1.28 bits per heavy atom. The number of nitrogens with one attached hydrogen (secondary N) is 2. The Bertz CT molecular complexity index is 657. The lowest BCUT2D eigenvalue weighted by molar-refractivity contribution is 0.370. The van der Waals surface area contributed by atoms with E-state index in [9.17, 15) is 8.42 Å². The summed E-state index contributed by atoms with van der Waals surface area (Å²) in [5.41, 5.74) is 0.694. The van der Waals surface area contributed by atoms with Crippen LogP contribution >= 0.6 is 0 Å². The van der Waals surface area contributed by atoms with Crippen LogP contribution in [0.3, 0.4) is 0 Å². The molecule has 0 saturated carbocycles. The monoisotopic (exact) mass is 370 g/mol. The van der Waals surface area contributed by atoms with Crippen LogP contribution in [-0.2, 0) is 16.8 Å². The molecule has 9 heteroatoms. The number of hydrogen-bond acceptors (Lipinski definition) is 6. The summed E-state index contributed by atoms with van der Waals surface area (Å²) in [4.78, 5) is 9.18. The molecule has 2 heterocycles. The first-order valence-corrected chi connectivity index (χ1v) is 10.3. The van der Waals surface area contributed by atoms with Gasteiger partial charge in [0, 0.05) is 33.3 Å². The molecule has 0 aromatic carbocycles. The van der Waals surface area contributed by atoms with Gasteiger partial charge in [-0.1, -0.05) is 20.3 Å². The predicted octanol–water partition coefficient (Wildman–Crippen LogP) is 1.35. The van der Waals surface area contributed by atoms with Crippen molar-refractivity contribution in [1.29, 1.82) is 0 Å². The van der Waals surface area contributed by atoms with Crippen molar-refractivity contribution in [1.82, 2.24) is 23.9 Å². The molecule has 0 radical (unpaired) electrons. The summed E-state index contributed by atoms with van der Waals surface area (Å²) in [6, 6.07) is 1.94. The number of aromatic nitrogens is 2. The maximum Gasteiger partial charge on any atom is 0.282 e. The van der Waals surface area contributed by atoms with Crippen LogP contribution in [0.15, 0.2) is 6.07 Å². The minimum Gasteiger partial charge on any atom is -0.373 e. The van der Waals surface area contributed by atoms with E-state index >= 15 is 0 Å². The molecular weight excluding hydrogens is 340 g/mol. The van der Waals surface area contributed by atoms with Crippen LogP contribution < -0.4 is 10.6 Å². The van der Waals surface area contributed by atoms with E-state index in [4.69, 9.17) is 0 Å². The van der Waals surface area contributed by atoms with Gasteiger partial charge in [-0.05, 0) is 19.4 Å².